The van der Waals surface area contributed by atoms with E-state index < -0.39 is 0 Å². The number of hydrogen-bond donors (Lipinski definition) is 2. The van der Waals surface area contributed by atoms with Gasteiger partial charge in [-0.15, -0.1) is 0 Å². The molecule has 0 atom stereocenters. The molecule has 16 heavy (non-hydrogen) atoms. The summed E-state index contributed by atoms with van der Waals surface area (Å²) in [6.07, 6.45) is 3.65. The van der Waals surface area contributed by atoms with E-state index in [4.69, 9.17) is 5.84 Å². The number of amides is 1. The smallest absolute Gasteiger partial charge is 0.257 e. The highest BCUT2D eigenvalue weighted by Gasteiger charge is 2.15. The molecule has 1 amide bonds. The molecule has 5 nitrogen and oxygen atoms in total. The van der Waals surface area contributed by atoms with E-state index in [0.29, 0.717) is 11.4 Å². The maximum Gasteiger partial charge on any atom is 0.257 e. The van der Waals surface area contributed by atoms with Crippen molar-refractivity contribution >= 4 is 11.7 Å². The lowest BCUT2D eigenvalue weighted by Gasteiger charge is -2.17. The summed E-state index contributed by atoms with van der Waals surface area (Å²) in [5.74, 6) is 5.66. The molecule has 5 heteroatoms. The number of carbonyl (C=O) groups excluding carboxylic acids is 1. The summed E-state index contributed by atoms with van der Waals surface area (Å²) in [6.45, 7) is 2.84. The Labute approximate surface area is 95.6 Å². The van der Waals surface area contributed by atoms with Crippen molar-refractivity contribution in [1.82, 2.24) is 9.88 Å². The molecule has 1 heterocycles. The van der Waals surface area contributed by atoms with Crippen LogP contribution in [0.1, 0.15) is 30.1 Å². The van der Waals surface area contributed by atoms with E-state index in [2.05, 4.69) is 17.3 Å². The molecule has 1 rings (SSSR count). The number of rotatable bonds is 5. The zero-order chi connectivity index (χ0) is 12.0. The molecule has 1 aromatic rings. The Morgan fingerprint density at radius 1 is 1.62 bits per heavy atom. The van der Waals surface area contributed by atoms with Gasteiger partial charge in [0.25, 0.3) is 5.91 Å². The predicted molar refractivity (Wildman–Crippen MR) is 63.9 cm³/mol. The van der Waals surface area contributed by atoms with E-state index >= 15 is 0 Å². The van der Waals surface area contributed by atoms with Crippen molar-refractivity contribution in [2.24, 2.45) is 5.84 Å². The number of hydrazine groups is 1. The maximum atomic E-state index is 12.0. The van der Waals surface area contributed by atoms with Crippen LogP contribution in [0.15, 0.2) is 18.3 Å². The number of unbranched alkanes of at least 4 members (excludes halogenated alkanes) is 1. The zero-order valence-electron chi connectivity index (χ0n) is 9.73. The first-order valence-corrected chi connectivity index (χ1v) is 5.37. The number of anilines is 1. The second-order valence-electron chi connectivity index (χ2n) is 3.62. The fourth-order valence-corrected chi connectivity index (χ4v) is 1.40. The highest BCUT2D eigenvalue weighted by molar-refractivity contribution is 5.98. The summed E-state index contributed by atoms with van der Waals surface area (Å²) in [6, 6.07) is 3.44. The molecule has 0 aromatic carbocycles. The first-order valence-electron chi connectivity index (χ1n) is 5.37. The van der Waals surface area contributed by atoms with Crippen LogP contribution in [0.5, 0.6) is 0 Å². The van der Waals surface area contributed by atoms with Crippen LogP contribution >= 0.6 is 0 Å². The van der Waals surface area contributed by atoms with Crippen LogP contribution in [0, 0.1) is 0 Å². The molecule has 0 saturated heterocycles. The molecule has 0 fully saturated rings. The first kappa shape index (κ1) is 12.4. The van der Waals surface area contributed by atoms with E-state index in [-0.39, 0.29) is 5.91 Å². The van der Waals surface area contributed by atoms with Crippen LogP contribution in [-0.4, -0.2) is 29.4 Å². The van der Waals surface area contributed by atoms with Crippen molar-refractivity contribution < 1.29 is 4.79 Å². The minimum absolute atomic E-state index is 0.0606. The first-order chi connectivity index (χ1) is 7.70. The van der Waals surface area contributed by atoms with Gasteiger partial charge in [0.15, 0.2) is 5.82 Å². The van der Waals surface area contributed by atoms with Crippen LogP contribution in [0.25, 0.3) is 0 Å². The van der Waals surface area contributed by atoms with Crippen LogP contribution < -0.4 is 11.3 Å². The normalized spacial score (nSPS) is 9.94. The van der Waals surface area contributed by atoms with Crippen molar-refractivity contribution in [1.29, 1.82) is 0 Å². The summed E-state index contributed by atoms with van der Waals surface area (Å²) in [5.41, 5.74) is 2.93. The van der Waals surface area contributed by atoms with Crippen molar-refractivity contribution in [2.45, 2.75) is 19.8 Å². The number of pyridine rings is 1. The molecule has 1 aromatic heterocycles. The predicted octanol–water partition coefficient (Wildman–Crippen LogP) is 1.24. The topological polar surface area (TPSA) is 71.2 Å². The summed E-state index contributed by atoms with van der Waals surface area (Å²) in [5, 5.41) is 0. The van der Waals surface area contributed by atoms with Crippen molar-refractivity contribution in [2.75, 3.05) is 19.0 Å². The highest BCUT2D eigenvalue weighted by Crippen LogP contribution is 2.12. The van der Waals surface area contributed by atoms with Gasteiger partial charge in [-0.05, 0) is 18.6 Å². The number of nitrogens with one attached hydrogen (secondary N) is 1. The molecule has 3 N–H and O–H groups in total. The van der Waals surface area contributed by atoms with Crippen molar-refractivity contribution in [3.63, 3.8) is 0 Å². The third-order valence-corrected chi connectivity index (χ3v) is 2.37. The molecule has 0 aliphatic carbocycles. The van der Waals surface area contributed by atoms with Gasteiger partial charge < -0.3 is 10.3 Å². The van der Waals surface area contributed by atoms with E-state index in [1.54, 1.807) is 30.3 Å². The van der Waals surface area contributed by atoms with Crippen molar-refractivity contribution in [3.05, 3.63) is 23.9 Å². The van der Waals surface area contributed by atoms with Crippen LogP contribution in [0.3, 0.4) is 0 Å². The van der Waals surface area contributed by atoms with Crippen LogP contribution in [0.2, 0.25) is 0 Å². The lowest BCUT2D eigenvalue weighted by atomic mass is 10.2. The molecule has 0 aliphatic heterocycles. The van der Waals surface area contributed by atoms with Gasteiger partial charge in [0, 0.05) is 19.8 Å². The summed E-state index contributed by atoms with van der Waals surface area (Å²) < 4.78 is 0. The SMILES string of the molecule is CCCCN(C)C(=O)c1cccnc1NN. The quantitative estimate of drug-likeness (QED) is 0.581. The Hall–Kier alpha value is -1.62. The molecule has 0 aliphatic rings. The fraction of sp³-hybridized carbons (Fsp3) is 0.455. The minimum Gasteiger partial charge on any atom is -0.342 e. The lowest BCUT2D eigenvalue weighted by Crippen LogP contribution is -2.29. The van der Waals surface area contributed by atoms with Gasteiger partial charge in [0.1, 0.15) is 0 Å². The number of hydrogen-bond acceptors (Lipinski definition) is 4. The largest absolute Gasteiger partial charge is 0.342 e. The average molecular weight is 222 g/mol. The molecular weight excluding hydrogens is 204 g/mol. The number of nitrogen functional groups attached to an aromatic ring is 1. The van der Waals surface area contributed by atoms with Crippen LogP contribution in [-0.2, 0) is 0 Å². The van der Waals surface area contributed by atoms with Gasteiger partial charge in [-0.1, -0.05) is 13.3 Å². The Bertz CT molecular complexity index is 354. The summed E-state index contributed by atoms with van der Waals surface area (Å²) in [7, 11) is 1.78. The molecule has 0 radical (unpaired) electrons. The second-order valence-corrected chi connectivity index (χ2v) is 3.62. The van der Waals surface area contributed by atoms with Gasteiger partial charge in [0.2, 0.25) is 0 Å². The molecular formula is C11H18N4O. The standard InChI is InChI=1S/C11H18N4O/c1-3-4-8-15(2)11(16)9-6-5-7-13-10(9)14-12/h5-7H,3-4,8,12H2,1-2H3,(H,13,14). The van der Waals surface area contributed by atoms with Gasteiger partial charge in [0.05, 0.1) is 5.56 Å². The Balaban J connectivity index is 2.79. The monoisotopic (exact) mass is 222 g/mol. The Morgan fingerprint density at radius 2 is 2.38 bits per heavy atom. The van der Waals surface area contributed by atoms with E-state index in [0.717, 1.165) is 19.4 Å². The van der Waals surface area contributed by atoms with Gasteiger partial charge >= 0.3 is 0 Å². The van der Waals surface area contributed by atoms with Crippen LogP contribution in [0.4, 0.5) is 5.82 Å². The van der Waals surface area contributed by atoms with E-state index in [9.17, 15) is 4.79 Å². The number of carbonyl (C=O) groups is 1. The van der Waals surface area contributed by atoms with Crippen molar-refractivity contribution in [3.8, 4) is 0 Å². The van der Waals surface area contributed by atoms with E-state index in [1.807, 2.05) is 0 Å². The molecule has 0 spiro atoms. The maximum absolute atomic E-state index is 12.0. The Morgan fingerprint density at radius 3 is 3.00 bits per heavy atom. The van der Waals surface area contributed by atoms with Gasteiger partial charge in [-0.3, -0.25) is 4.79 Å². The third kappa shape index (κ3) is 2.93. The minimum atomic E-state index is -0.0606. The molecule has 0 unspecified atom stereocenters. The fourth-order valence-electron chi connectivity index (χ4n) is 1.40. The van der Waals surface area contributed by atoms with Gasteiger partial charge in [-0.2, -0.15) is 0 Å². The van der Waals surface area contributed by atoms with Gasteiger partial charge in [-0.25, -0.2) is 10.8 Å². The molecule has 88 valence electrons. The summed E-state index contributed by atoms with van der Waals surface area (Å²) >= 11 is 0. The van der Waals surface area contributed by atoms with E-state index in [1.165, 1.54) is 0 Å². The third-order valence-electron chi connectivity index (χ3n) is 2.37. The molecule has 0 saturated carbocycles. The summed E-state index contributed by atoms with van der Waals surface area (Å²) in [4.78, 5) is 17.7. The number of nitrogens with two attached hydrogens (primary N) is 1. The Kier molecular flexibility index (Phi) is 4.72. The molecule has 0 bridgehead atoms. The number of aromatic nitrogens is 1. The lowest BCUT2D eigenvalue weighted by molar-refractivity contribution is 0.0794. The second kappa shape index (κ2) is 6.07. The average Bonchev–Trinajstić information content (AvgIpc) is 2.34. The zero-order valence-corrected chi connectivity index (χ0v) is 9.73. The number of nitrogens with zero attached hydrogens (tertiary/aromatic N) is 2. The highest BCUT2D eigenvalue weighted by atomic mass is 16.2.